The lowest BCUT2D eigenvalue weighted by atomic mass is 9.84. The molecule has 2 aromatic rings. The topological polar surface area (TPSA) is 64.1 Å². The maximum atomic E-state index is 12.5. The van der Waals surface area contributed by atoms with E-state index in [0.717, 1.165) is 48.2 Å². The first kappa shape index (κ1) is 26.5. The monoisotopic (exact) mass is 511 g/mol. The summed E-state index contributed by atoms with van der Waals surface area (Å²) in [7, 11) is 0. The van der Waals surface area contributed by atoms with Crippen molar-refractivity contribution in [2.75, 3.05) is 18.0 Å². The normalized spacial score (nSPS) is 22.2. The van der Waals surface area contributed by atoms with Crippen LogP contribution in [0, 0.1) is 0 Å². The third kappa shape index (κ3) is 5.25. The van der Waals surface area contributed by atoms with Crippen LogP contribution in [0.3, 0.4) is 0 Å². The van der Waals surface area contributed by atoms with Gasteiger partial charge in [0.1, 0.15) is 0 Å². The quantitative estimate of drug-likeness (QED) is 0.499. The Morgan fingerprint density at radius 3 is 2.22 bits per heavy atom. The summed E-state index contributed by atoms with van der Waals surface area (Å²) in [6.45, 7) is 6.97. The van der Waals surface area contributed by atoms with Crippen molar-refractivity contribution in [1.29, 1.82) is 0 Å². The van der Waals surface area contributed by atoms with E-state index < -0.39 is 6.09 Å². The van der Waals surface area contributed by atoms with Crippen molar-refractivity contribution in [2.45, 2.75) is 83.5 Å². The van der Waals surface area contributed by atoms with Gasteiger partial charge < -0.3 is 10.0 Å². The highest BCUT2D eigenvalue weighted by molar-refractivity contribution is 5.94. The van der Waals surface area contributed by atoms with Gasteiger partial charge >= 0.3 is 6.09 Å². The molecule has 0 radical (unpaired) electrons. The number of carbonyl (C=O) groups excluding carboxylic acids is 1. The minimum absolute atomic E-state index is 0. The average molecular weight is 512 g/mol. The Bertz CT molecular complexity index is 1080. The summed E-state index contributed by atoms with van der Waals surface area (Å²) in [5, 5.41) is 10.1. The average Bonchev–Trinajstić information content (AvgIpc) is 2.81. The van der Waals surface area contributed by atoms with E-state index in [2.05, 4.69) is 41.3 Å². The first-order valence-electron chi connectivity index (χ1n) is 13.2. The van der Waals surface area contributed by atoms with E-state index in [1.165, 1.54) is 37.9 Å². The van der Waals surface area contributed by atoms with Crippen molar-refractivity contribution in [2.24, 2.45) is 0 Å². The number of carbonyl (C=O) groups is 2. The Balaban J connectivity index is 0.00000304. The Morgan fingerprint density at radius 2 is 1.64 bits per heavy atom. The summed E-state index contributed by atoms with van der Waals surface area (Å²) in [5.74, 6) is -0.00228. The van der Waals surface area contributed by atoms with Gasteiger partial charge in [-0.3, -0.25) is 14.6 Å². The number of hydrogen-bond donors (Lipinski definition) is 1. The van der Waals surface area contributed by atoms with Crippen LogP contribution in [0.2, 0.25) is 0 Å². The molecule has 0 spiro atoms. The molecule has 194 valence electrons. The number of benzene rings is 2. The summed E-state index contributed by atoms with van der Waals surface area (Å²) < 4.78 is 0. The minimum atomic E-state index is -0.860. The van der Waals surface area contributed by atoms with E-state index in [0.29, 0.717) is 6.42 Å². The molecule has 2 fully saturated rings. The number of halogens is 1. The summed E-state index contributed by atoms with van der Waals surface area (Å²) in [6.07, 6.45) is 6.59. The molecule has 2 atom stereocenters. The lowest BCUT2D eigenvalue weighted by Crippen LogP contribution is -2.51. The van der Waals surface area contributed by atoms with Crippen molar-refractivity contribution >= 4 is 30.1 Å². The van der Waals surface area contributed by atoms with Crippen molar-refractivity contribution in [3.05, 3.63) is 53.6 Å². The van der Waals surface area contributed by atoms with Crippen LogP contribution in [0.4, 0.5) is 10.5 Å². The number of amides is 2. The van der Waals surface area contributed by atoms with E-state index in [1.807, 2.05) is 17.9 Å². The molecule has 5 rings (SSSR count). The number of hydrogen-bond acceptors (Lipinski definition) is 3. The van der Waals surface area contributed by atoms with Gasteiger partial charge in [-0.25, -0.2) is 4.79 Å². The van der Waals surface area contributed by atoms with Gasteiger partial charge in [0.25, 0.3) is 0 Å². The van der Waals surface area contributed by atoms with Gasteiger partial charge in [-0.15, -0.1) is 12.4 Å². The molecule has 1 N–H and O–H groups in total. The molecule has 2 heterocycles. The van der Waals surface area contributed by atoms with Crippen molar-refractivity contribution in [1.82, 2.24) is 9.80 Å². The molecule has 0 unspecified atom stereocenters. The molecule has 1 aliphatic carbocycles. The van der Waals surface area contributed by atoms with E-state index in [-0.39, 0.29) is 36.4 Å². The molecule has 2 aromatic carbocycles. The van der Waals surface area contributed by atoms with Gasteiger partial charge in [0.2, 0.25) is 5.91 Å². The van der Waals surface area contributed by atoms with Gasteiger partial charge in [0.05, 0.1) is 6.04 Å². The third-order valence-corrected chi connectivity index (χ3v) is 8.16. The largest absolute Gasteiger partial charge is 0.465 e. The highest BCUT2D eigenvalue weighted by Gasteiger charge is 2.41. The molecule has 0 aromatic heterocycles. The predicted octanol–water partition coefficient (Wildman–Crippen LogP) is 6.48. The second-order valence-corrected chi connectivity index (χ2v) is 10.6. The van der Waals surface area contributed by atoms with Crippen LogP contribution in [0.1, 0.15) is 76.0 Å². The smallest absolute Gasteiger partial charge is 0.408 e. The molecule has 7 heteroatoms. The van der Waals surface area contributed by atoms with Gasteiger partial charge in [-0.05, 0) is 92.9 Å². The second kappa shape index (κ2) is 11.2. The van der Waals surface area contributed by atoms with Crippen LogP contribution in [-0.4, -0.2) is 52.1 Å². The van der Waals surface area contributed by atoms with E-state index >= 15 is 0 Å². The van der Waals surface area contributed by atoms with Crippen LogP contribution in [0.15, 0.2) is 42.5 Å². The Morgan fingerprint density at radius 1 is 0.972 bits per heavy atom. The molecule has 1 saturated heterocycles. The fourth-order valence-electron chi connectivity index (χ4n) is 6.14. The summed E-state index contributed by atoms with van der Waals surface area (Å²) in [6, 6.07) is 14.7. The lowest BCUT2D eigenvalue weighted by molar-refractivity contribution is -0.117. The highest BCUT2D eigenvalue weighted by Crippen LogP contribution is 2.45. The summed E-state index contributed by atoms with van der Waals surface area (Å²) in [4.78, 5) is 30.9. The van der Waals surface area contributed by atoms with Crippen LogP contribution in [-0.2, 0) is 11.3 Å². The molecule has 3 aliphatic rings. The van der Waals surface area contributed by atoms with Crippen LogP contribution in [0.5, 0.6) is 0 Å². The number of piperidine rings is 1. The maximum Gasteiger partial charge on any atom is 0.408 e. The summed E-state index contributed by atoms with van der Waals surface area (Å²) in [5.41, 5.74) is 5.30. The number of fused-ring (bicyclic) bond motifs is 1. The fourth-order valence-corrected chi connectivity index (χ4v) is 6.14. The van der Waals surface area contributed by atoms with E-state index in [1.54, 1.807) is 11.8 Å². The van der Waals surface area contributed by atoms with Crippen LogP contribution in [0.25, 0.3) is 11.1 Å². The van der Waals surface area contributed by atoms with Gasteiger partial charge in [0, 0.05) is 31.2 Å². The molecule has 6 nitrogen and oxygen atoms in total. The second-order valence-electron chi connectivity index (χ2n) is 10.6. The van der Waals surface area contributed by atoms with Crippen LogP contribution < -0.4 is 4.90 Å². The van der Waals surface area contributed by atoms with Crippen molar-refractivity contribution < 1.29 is 14.7 Å². The molecular formula is C29H38ClN3O3. The standard InChI is InChI=1S/C29H37N3O3.ClH/c1-20-17-28(32(29(34)35)25-7-6-8-25)26-18-24(13-14-27(26)31(20)21(2)33)23-11-9-22(10-12-23)19-30-15-4-3-5-16-30;/h9-14,18,20,25,28H,3-8,15-17,19H2,1-2H3,(H,34,35);1H/t20-,28+;/m1./s1. The summed E-state index contributed by atoms with van der Waals surface area (Å²) >= 11 is 0. The van der Waals surface area contributed by atoms with Crippen LogP contribution >= 0.6 is 12.4 Å². The first-order chi connectivity index (χ1) is 16.9. The number of likely N-dealkylation sites (tertiary alicyclic amines) is 1. The molecule has 36 heavy (non-hydrogen) atoms. The van der Waals surface area contributed by atoms with Gasteiger partial charge in [-0.2, -0.15) is 0 Å². The SMILES string of the molecule is CC(=O)N1c2ccc(-c3ccc(CN4CCCCC4)cc3)cc2[C@@H](N(C(=O)O)C2CCC2)C[C@H]1C.Cl. The van der Waals surface area contributed by atoms with E-state index in [9.17, 15) is 14.7 Å². The molecular weight excluding hydrogens is 474 g/mol. The minimum Gasteiger partial charge on any atom is -0.465 e. The number of carboxylic acid groups (broad SMARTS) is 1. The van der Waals surface area contributed by atoms with Crippen molar-refractivity contribution in [3.8, 4) is 11.1 Å². The molecule has 2 amide bonds. The molecule has 1 saturated carbocycles. The molecule has 0 bridgehead atoms. The predicted molar refractivity (Wildman–Crippen MR) is 146 cm³/mol. The zero-order chi connectivity index (χ0) is 24.5. The van der Waals surface area contributed by atoms with Crippen molar-refractivity contribution in [3.63, 3.8) is 0 Å². The van der Waals surface area contributed by atoms with Gasteiger partial charge in [0.15, 0.2) is 0 Å². The van der Waals surface area contributed by atoms with E-state index in [4.69, 9.17) is 0 Å². The number of anilines is 1. The Hall–Kier alpha value is -2.57. The third-order valence-electron chi connectivity index (χ3n) is 8.16. The fraction of sp³-hybridized carbons (Fsp3) is 0.517. The highest BCUT2D eigenvalue weighted by atomic mass is 35.5. The Kier molecular flexibility index (Phi) is 8.26. The van der Waals surface area contributed by atoms with Gasteiger partial charge in [-0.1, -0.05) is 36.8 Å². The zero-order valence-corrected chi connectivity index (χ0v) is 22.2. The number of rotatable bonds is 5. The first-order valence-corrected chi connectivity index (χ1v) is 13.2. The zero-order valence-electron chi connectivity index (χ0n) is 21.4. The number of nitrogens with zero attached hydrogens (tertiary/aromatic N) is 3. The Labute approximate surface area is 220 Å². The maximum absolute atomic E-state index is 12.5. The lowest BCUT2D eigenvalue weighted by Gasteiger charge is -2.47. The molecule has 2 aliphatic heterocycles.